The van der Waals surface area contributed by atoms with Crippen molar-refractivity contribution in [1.82, 2.24) is 5.43 Å². The fourth-order valence-electron chi connectivity index (χ4n) is 1.95. The fraction of sp³-hybridized carbons (Fsp3) is 0.167. The molecule has 0 unspecified atom stereocenters. The molecule has 8 nitrogen and oxygen atoms in total. The molecule has 0 saturated heterocycles. The Balaban J connectivity index is 1.87. The molecule has 3 N–H and O–H groups in total. The molecule has 0 aliphatic heterocycles. The summed E-state index contributed by atoms with van der Waals surface area (Å²) in [5, 5.41) is 3.80. The molecule has 0 atom stereocenters. The van der Waals surface area contributed by atoms with Gasteiger partial charge >= 0.3 is 0 Å². The van der Waals surface area contributed by atoms with Gasteiger partial charge in [-0.1, -0.05) is 6.07 Å². The largest absolute Gasteiger partial charge is 0.493 e. The number of hydrazone groups is 1. The summed E-state index contributed by atoms with van der Waals surface area (Å²) in [7, 11) is 1.44. The quantitative estimate of drug-likeness (QED) is 0.506. The number of hydrogen-bond acceptors (Lipinski definition) is 6. The molecule has 2 aromatic rings. The third-order valence-corrected chi connectivity index (χ3v) is 3.13. The number of benzene rings is 2. The topological polar surface area (TPSA) is 112 Å². The summed E-state index contributed by atoms with van der Waals surface area (Å²) in [4.78, 5) is 22.5. The Morgan fingerprint density at radius 1 is 1.15 bits per heavy atom. The van der Waals surface area contributed by atoms with Crippen molar-refractivity contribution in [3.63, 3.8) is 0 Å². The summed E-state index contributed by atoms with van der Waals surface area (Å²) in [5.41, 5.74) is 7.93. The van der Waals surface area contributed by atoms with Gasteiger partial charge in [-0.2, -0.15) is 5.10 Å². The highest BCUT2D eigenvalue weighted by atomic mass is 19.1. The number of nitrogens with two attached hydrogens (primary N) is 1. The lowest BCUT2D eigenvalue weighted by atomic mass is 10.2. The van der Waals surface area contributed by atoms with E-state index >= 15 is 0 Å². The Morgan fingerprint density at radius 2 is 1.96 bits per heavy atom. The number of amides is 2. The van der Waals surface area contributed by atoms with Gasteiger partial charge in [0.1, 0.15) is 11.6 Å². The number of carbonyl (C=O) groups is 2. The van der Waals surface area contributed by atoms with E-state index in [4.69, 9.17) is 19.9 Å². The first-order valence-electron chi connectivity index (χ1n) is 7.77. The Hall–Kier alpha value is -3.62. The fourth-order valence-corrected chi connectivity index (χ4v) is 1.95. The number of halogens is 1. The van der Waals surface area contributed by atoms with Gasteiger partial charge in [0.2, 0.25) is 0 Å². The number of carbonyl (C=O) groups excluding carboxylic acids is 2. The molecule has 0 radical (unpaired) electrons. The molecule has 9 heteroatoms. The molecular weight excluding hydrogens is 357 g/mol. The molecule has 0 heterocycles. The van der Waals surface area contributed by atoms with Gasteiger partial charge in [-0.3, -0.25) is 9.59 Å². The van der Waals surface area contributed by atoms with Crippen LogP contribution in [0.1, 0.15) is 5.56 Å². The summed E-state index contributed by atoms with van der Waals surface area (Å²) in [6, 6.07) is 10.3. The zero-order valence-corrected chi connectivity index (χ0v) is 14.5. The first kappa shape index (κ1) is 19.7. The van der Waals surface area contributed by atoms with Gasteiger partial charge in [0, 0.05) is 6.07 Å². The first-order valence-corrected chi connectivity index (χ1v) is 7.77. The number of hydrogen-bond donors (Lipinski definition) is 2. The number of rotatable bonds is 9. The number of nitrogens with zero attached hydrogens (tertiary/aromatic N) is 1. The predicted molar refractivity (Wildman–Crippen MR) is 95.3 cm³/mol. The third kappa shape index (κ3) is 6.65. The molecule has 0 aromatic heterocycles. The molecule has 142 valence electrons. The molecule has 2 rings (SSSR count). The summed E-state index contributed by atoms with van der Waals surface area (Å²) >= 11 is 0. The van der Waals surface area contributed by atoms with Crippen LogP contribution in [0.4, 0.5) is 4.39 Å². The molecule has 0 saturated carbocycles. The summed E-state index contributed by atoms with van der Waals surface area (Å²) in [6.07, 6.45) is 1.39. The van der Waals surface area contributed by atoms with Crippen LogP contribution in [0.3, 0.4) is 0 Å². The van der Waals surface area contributed by atoms with Crippen molar-refractivity contribution in [3.8, 4) is 17.2 Å². The molecular formula is C18H18FN3O5. The lowest BCUT2D eigenvalue weighted by molar-refractivity contribution is -0.123. The van der Waals surface area contributed by atoms with Gasteiger partial charge in [0.15, 0.2) is 24.7 Å². The number of ether oxygens (including phenoxy) is 3. The third-order valence-electron chi connectivity index (χ3n) is 3.13. The maximum atomic E-state index is 13.0. The Kier molecular flexibility index (Phi) is 7.12. The number of methoxy groups -OCH3 is 1. The maximum absolute atomic E-state index is 13.0. The van der Waals surface area contributed by atoms with Gasteiger partial charge < -0.3 is 19.9 Å². The zero-order valence-electron chi connectivity index (χ0n) is 14.5. The van der Waals surface area contributed by atoms with E-state index in [1.54, 1.807) is 18.2 Å². The average Bonchev–Trinajstić information content (AvgIpc) is 2.65. The van der Waals surface area contributed by atoms with E-state index in [0.29, 0.717) is 17.1 Å². The SMILES string of the molecule is COc1cc(/C=N\NC(=O)COc2cccc(F)c2)ccc1OCC(N)=O. The summed E-state index contributed by atoms with van der Waals surface area (Å²) in [6.45, 7) is -0.588. The van der Waals surface area contributed by atoms with Gasteiger partial charge in [-0.15, -0.1) is 0 Å². The lowest BCUT2D eigenvalue weighted by Crippen LogP contribution is -2.24. The van der Waals surface area contributed by atoms with E-state index in [-0.39, 0.29) is 19.0 Å². The molecule has 0 spiro atoms. The molecule has 27 heavy (non-hydrogen) atoms. The monoisotopic (exact) mass is 375 g/mol. The Morgan fingerprint density at radius 3 is 2.67 bits per heavy atom. The van der Waals surface area contributed by atoms with Crippen LogP contribution in [0.15, 0.2) is 47.6 Å². The van der Waals surface area contributed by atoms with Crippen LogP contribution in [-0.2, 0) is 9.59 Å². The van der Waals surface area contributed by atoms with E-state index in [1.807, 2.05) is 0 Å². The van der Waals surface area contributed by atoms with Crippen molar-refractivity contribution in [2.45, 2.75) is 0 Å². The molecule has 2 aromatic carbocycles. The van der Waals surface area contributed by atoms with Gasteiger partial charge in [-0.25, -0.2) is 9.82 Å². The van der Waals surface area contributed by atoms with Crippen LogP contribution in [0.25, 0.3) is 0 Å². The van der Waals surface area contributed by atoms with Crippen molar-refractivity contribution in [2.24, 2.45) is 10.8 Å². The van der Waals surface area contributed by atoms with Crippen LogP contribution in [0.5, 0.6) is 17.2 Å². The average molecular weight is 375 g/mol. The van der Waals surface area contributed by atoms with E-state index in [0.717, 1.165) is 0 Å². The Labute approximate surface area is 154 Å². The highest BCUT2D eigenvalue weighted by Gasteiger charge is 2.07. The molecule has 2 amide bonds. The van der Waals surface area contributed by atoms with Crippen molar-refractivity contribution >= 4 is 18.0 Å². The highest BCUT2D eigenvalue weighted by Crippen LogP contribution is 2.27. The van der Waals surface area contributed by atoms with Crippen LogP contribution in [0.2, 0.25) is 0 Å². The number of nitrogens with one attached hydrogen (secondary N) is 1. The smallest absolute Gasteiger partial charge is 0.277 e. The van der Waals surface area contributed by atoms with E-state index in [2.05, 4.69) is 10.5 Å². The molecule has 0 aliphatic carbocycles. The van der Waals surface area contributed by atoms with Gasteiger partial charge in [0.05, 0.1) is 13.3 Å². The van der Waals surface area contributed by atoms with Crippen molar-refractivity contribution in [1.29, 1.82) is 0 Å². The Bertz CT molecular complexity index is 841. The van der Waals surface area contributed by atoms with Crippen molar-refractivity contribution in [3.05, 3.63) is 53.8 Å². The minimum Gasteiger partial charge on any atom is -0.493 e. The molecule has 0 aliphatic rings. The maximum Gasteiger partial charge on any atom is 0.277 e. The highest BCUT2D eigenvalue weighted by molar-refractivity contribution is 5.83. The van der Waals surface area contributed by atoms with Crippen LogP contribution < -0.4 is 25.4 Å². The second-order valence-corrected chi connectivity index (χ2v) is 5.20. The minimum absolute atomic E-state index is 0.241. The normalized spacial score (nSPS) is 10.4. The van der Waals surface area contributed by atoms with Crippen LogP contribution >= 0.6 is 0 Å². The van der Waals surface area contributed by atoms with Crippen molar-refractivity contribution < 1.29 is 28.2 Å². The molecule has 0 bridgehead atoms. The van der Waals surface area contributed by atoms with Gasteiger partial charge in [0.25, 0.3) is 11.8 Å². The van der Waals surface area contributed by atoms with Gasteiger partial charge in [-0.05, 0) is 35.9 Å². The minimum atomic E-state index is -0.606. The van der Waals surface area contributed by atoms with E-state index in [9.17, 15) is 14.0 Å². The van der Waals surface area contributed by atoms with Crippen LogP contribution in [-0.4, -0.2) is 38.4 Å². The predicted octanol–water partition coefficient (Wildman–Crippen LogP) is 1.23. The second-order valence-electron chi connectivity index (χ2n) is 5.20. The number of primary amides is 1. The summed E-state index contributed by atoms with van der Waals surface area (Å²) in [5.74, 6) is -0.606. The standard InChI is InChI=1S/C18H18FN3O5/c1-25-16-7-12(5-6-15(16)27-10-17(20)23)9-21-22-18(24)11-26-14-4-2-3-13(19)8-14/h2-9H,10-11H2,1H3,(H2,20,23)(H,22,24)/b21-9-. The zero-order chi connectivity index (χ0) is 19.6. The lowest BCUT2D eigenvalue weighted by Gasteiger charge is -2.09. The molecule has 0 fully saturated rings. The first-order chi connectivity index (χ1) is 13.0. The van der Waals surface area contributed by atoms with E-state index < -0.39 is 17.6 Å². The van der Waals surface area contributed by atoms with E-state index in [1.165, 1.54) is 37.6 Å². The second kappa shape index (κ2) is 9.76. The van der Waals surface area contributed by atoms with Crippen molar-refractivity contribution in [2.75, 3.05) is 20.3 Å². The van der Waals surface area contributed by atoms with Crippen LogP contribution in [0, 0.1) is 5.82 Å². The summed E-state index contributed by atoms with van der Waals surface area (Å²) < 4.78 is 28.5.